The summed E-state index contributed by atoms with van der Waals surface area (Å²) in [4.78, 5) is 10.4. The Morgan fingerprint density at radius 3 is 2.00 bits per heavy atom. The quantitative estimate of drug-likeness (QED) is 0.299. The zero-order valence-corrected chi connectivity index (χ0v) is 9.78. The van der Waals surface area contributed by atoms with E-state index in [1.165, 1.54) is 6.92 Å². The van der Waals surface area contributed by atoms with E-state index in [-0.39, 0.29) is 12.6 Å². The van der Waals surface area contributed by atoms with Gasteiger partial charge in [0.15, 0.2) is 0 Å². The van der Waals surface area contributed by atoms with Crippen molar-refractivity contribution in [3.63, 3.8) is 0 Å². The molecular formula is C11H20O5. The molecule has 0 aliphatic heterocycles. The largest absolute Gasteiger partial charge is 0.463 e. The highest BCUT2D eigenvalue weighted by Crippen LogP contribution is 1.83. The maximum atomic E-state index is 10.4. The number of ether oxygens (including phenoxy) is 4. The highest BCUT2D eigenvalue weighted by Gasteiger charge is 1.93. The van der Waals surface area contributed by atoms with E-state index in [0.717, 1.165) is 0 Å². The second kappa shape index (κ2) is 12.2. The molecule has 0 unspecified atom stereocenters. The van der Waals surface area contributed by atoms with Gasteiger partial charge in [-0.05, 0) is 0 Å². The van der Waals surface area contributed by atoms with Crippen molar-refractivity contribution in [3.05, 3.63) is 12.7 Å². The standard InChI is InChI=1S/C11H20O5/c1-3-4-13-5-6-14-7-8-15-9-10-16-11(2)12/h3H,1,4-10H2,2H3. The molecule has 0 aliphatic carbocycles. The third-order valence-corrected chi connectivity index (χ3v) is 1.51. The van der Waals surface area contributed by atoms with Crippen molar-refractivity contribution in [2.24, 2.45) is 0 Å². The van der Waals surface area contributed by atoms with Gasteiger partial charge in [-0.1, -0.05) is 6.08 Å². The van der Waals surface area contributed by atoms with Crippen molar-refractivity contribution in [1.82, 2.24) is 0 Å². The zero-order valence-electron chi connectivity index (χ0n) is 9.78. The minimum Gasteiger partial charge on any atom is -0.463 e. The van der Waals surface area contributed by atoms with Gasteiger partial charge in [0.2, 0.25) is 0 Å². The van der Waals surface area contributed by atoms with Crippen molar-refractivity contribution in [2.45, 2.75) is 6.92 Å². The van der Waals surface area contributed by atoms with Crippen LogP contribution in [-0.4, -0.2) is 52.2 Å². The molecule has 0 aromatic carbocycles. The molecule has 0 atom stereocenters. The summed E-state index contributed by atoms with van der Waals surface area (Å²) in [7, 11) is 0. The van der Waals surface area contributed by atoms with Crippen LogP contribution in [-0.2, 0) is 23.7 Å². The first-order valence-corrected chi connectivity index (χ1v) is 5.25. The molecule has 0 aromatic heterocycles. The smallest absolute Gasteiger partial charge is 0.302 e. The summed E-state index contributed by atoms with van der Waals surface area (Å²) >= 11 is 0. The molecule has 0 bridgehead atoms. The summed E-state index contributed by atoms with van der Waals surface area (Å²) in [5.41, 5.74) is 0. The summed E-state index contributed by atoms with van der Waals surface area (Å²) in [6.45, 7) is 8.22. The Kier molecular flexibility index (Phi) is 11.5. The van der Waals surface area contributed by atoms with E-state index in [4.69, 9.17) is 14.2 Å². The molecular weight excluding hydrogens is 212 g/mol. The van der Waals surface area contributed by atoms with E-state index in [0.29, 0.717) is 39.6 Å². The molecule has 0 N–H and O–H groups in total. The molecule has 0 fully saturated rings. The average Bonchev–Trinajstić information content (AvgIpc) is 2.25. The monoisotopic (exact) mass is 232 g/mol. The van der Waals surface area contributed by atoms with E-state index < -0.39 is 0 Å². The number of rotatable bonds is 11. The lowest BCUT2D eigenvalue weighted by atomic mass is 10.6. The highest BCUT2D eigenvalue weighted by molar-refractivity contribution is 5.65. The van der Waals surface area contributed by atoms with Crippen LogP contribution in [0.5, 0.6) is 0 Å². The molecule has 0 rings (SSSR count). The predicted molar refractivity (Wildman–Crippen MR) is 59.3 cm³/mol. The lowest BCUT2D eigenvalue weighted by Gasteiger charge is -2.06. The Labute approximate surface area is 96.3 Å². The second-order valence-electron chi connectivity index (χ2n) is 2.93. The lowest BCUT2D eigenvalue weighted by Crippen LogP contribution is -2.12. The Morgan fingerprint density at radius 2 is 1.50 bits per heavy atom. The van der Waals surface area contributed by atoms with Crippen molar-refractivity contribution in [2.75, 3.05) is 46.2 Å². The van der Waals surface area contributed by atoms with Crippen molar-refractivity contribution < 1.29 is 23.7 Å². The number of hydrogen-bond donors (Lipinski definition) is 0. The van der Waals surface area contributed by atoms with Crippen molar-refractivity contribution >= 4 is 5.97 Å². The first-order chi connectivity index (χ1) is 7.77. The molecule has 94 valence electrons. The Morgan fingerprint density at radius 1 is 1.00 bits per heavy atom. The normalized spacial score (nSPS) is 10.1. The van der Waals surface area contributed by atoms with E-state index in [2.05, 4.69) is 11.3 Å². The van der Waals surface area contributed by atoms with Crippen LogP contribution >= 0.6 is 0 Å². The van der Waals surface area contributed by atoms with E-state index >= 15 is 0 Å². The van der Waals surface area contributed by atoms with Gasteiger partial charge in [0.05, 0.1) is 39.6 Å². The summed E-state index contributed by atoms with van der Waals surface area (Å²) < 4.78 is 20.2. The van der Waals surface area contributed by atoms with Gasteiger partial charge in [-0.15, -0.1) is 6.58 Å². The minimum atomic E-state index is -0.292. The maximum absolute atomic E-state index is 10.4. The Hall–Kier alpha value is -0.910. The number of carbonyl (C=O) groups excluding carboxylic acids is 1. The van der Waals surface area contributed by atoms with Crippen molar-refractivity contribution in [3.8, 4) is 0 Å². The Balaban J connectivity index is 2.93. The van der Waals surface area contributed by atoms with Gasteiger partial charge < -0.3 is 18.9 Å². The second-order valence-corrected chi connectivity index (χ2v) is 2.93. The lowest BCUT2D eigenvalue weighted by molar-refractivity contribution is -0.142. The SMILES string of the molecule is C=CCOCCOCCOCCOC(C)=O. The van der Waals surface area contributed by atoms with Crippen molar-refractivity contribution in [1.29, 1.82) is 0 Å². The van der Waals surface area contributed by atoms with Crippen LogP contribution in [0.25, 0.3) is 0 Å². The van der Waals surface area contributed by atoms with Crippen LogP contribution in [0, 0.1) is 0 Å². The topological polar surface area (TPSA) is 54.0 Å². The predicted octanol–water partition coefficient (Wildman–Crippen LogP) is 0.785. The molecule has 5 nitrogen and oxygen atoms in total. The first-order valence-electron chi connectivity index (χ1n) is 5.25. The van der Waals surface area contributed by atoms with Crippen LogP contribution in [0.4, 0.5) is 0 Å². The van der Waals surface area contributed by atoms with Crippen LogP contribution in [0.15, 0.2) is 12.7 Å². The van der Waals surface area contributed by atoms with E-state index in [9.17, 15) is 4.79 Å². The molecule has 0 heterocycles. The minimum absolute atomic E-state index is 0.289. The van der Waals surface area contributed by atoms with Gasteiger partial charge in [-0.3, -0.25) is 4.79 Å². The van der Waals surface area contributed by atoms with Gasteiger partial charge in [-0.25, -0.2) is 0 Å². The Bertz CT molecular complexity index is 181. The molecule has 0 aliphatic rings. The molecule has 0 aromatic rings. The molecule has 5 heteroatoms. The number of hydrogen-bond acceptors (Lipinski definition) is 5. The van der Waals surface area contributed by atoms with Gasteiger partial charge >= 0.3 is 5.97 Å². The summed E-state index contributed by atoms with van der Waals surface area (Å²) in [5.74, 6) is -0.292. The van der Waals surface area contributed by atoms with E-state index in [1.54, 1.807) is 6.08 Å². The van der Waals surface area contributed by atoms with Crippen LogP contribution in [0.1, 0.15) is 6.92 Å². The van der Waals surface area contributed by atoms with Gasteiger partial charge in [-0.2, -0.15) is 0 Å². The van der Waals surface area contributed by atoms with Gasteiger partial charge in [0.1, 0.15) is 6.61 Å². The van der Waals surface area contributed by atoms with E-state index in [1.807, 2.05) is 0 Å². The molecule has 0 amide bonds. The fourth-order valence-electron chi connectivity index (χ4n) is 0.851. The molecule has 0 saturated carbocycles. The number of carbonyl (C=O) groups is 1. The summed E-state index contributed by atoms with van der Waals surface area (Å²) in [6.07, 6.45) is 1.69. The van der Waals surface area contributed by atoms with Gasteiger partial charge in [0, 0.05) is 6.92 Å². The highest BCUT2D eigenvalue weighted by atomic mass is 16.6. The van der Waals surface area contributed by atoms with Gasteiger partial charge in [0.25, 0.3) is 0 Å². The third kappa shape index (κ3) is 13.1. The molecule has 0 saturated heterocycles. The van der Waals surface area contributed by atoms with Crippen LogP contribution < -0.4 is 0 Å². The molecule has 0 radical (unpaired) electrons. The van der Waals surface area contributed by atoms with Crippen LogP contribution in [0.2, 0.25) is 0 Å². The molecule has 0 spiro atoms. The zero-order chi connectivity index (χ0) is 12.1. The summed E-state index contributed by atoms with van der Waals surface area (Å²) in [5, 5.41) is 0. The van der Waals surface area contributed by atoms with Crippen LogP contribution in [0.3, 0.4) is 0 Å². The molecule has 16 heavy (non-hydrogen) atoms. The first kappa shape index (κ1) is 15.1. The fourth-order valence-corrected chi connectivity index (χ4v) is 0.851. The maximum Gasteiger partial charge on any atom is 0.302 e. The number of esters is 1. The fraction of sp³-hybridized carbons (Fsp3) is 0.727. The summed E-state index contributed by atoms with van der Waals surface area (Å²) in [6, 6.07) is 0. The average molecular weight is 232 g/mol. The third-order valence-electron chi connectivity index (χ3n) is 1.51.